The number of thiazole rings is 1. The summed E-state index contributed by atoms with van der Waals surface area (Å²) in [5.74, 6) is 1.48. The Labute approximate surface area is 114 Å². The first-order valence-corrected chi connectivity index (χ1v) is 6.79. The van der Waals surface area contributed by atoms with Crippen molar-refractivity contribution < 1.29 is 0 Å². The Morgan fingerprint density at radius 2 is 2.11 bits per heavy atom. The molecule has 0 fully saturated rings. The molecule has 0 saturated heterocycles. The number of nitrogens with zero attached hydrogens (tertiary/aromatic N) is 5. The summed E-state index contributed by atoms with van der Waals surface area (Å²) >= 11 is 1.71. The van der Waals surface area contributed by atoms with Gasteiger partial charge < -0.3 is 5.32 Å². The van der Waals surface area contributed by atoms with E-state index in [1.807, 2.05) is 19.9 Å². The molecule has 7 heteroatoms. The lowest BCUT2D eigenvalue weighted by Crippen LogP contribution is -2.07. The quantitative estimate of drug-likeness (QED) is 0.792. The molecule has 0 atom stereocenters. The molecule has 3 aromatic rings. The number of fused-ring (bicyclic) bond motifs is 1. The maximum atomic E-state index is 4.51. The van der Waals surface area contributed by atoms with Gasteiger partial charge in [0.25, 0.3) is 5.78 Å². The summed E-state index contributed by atoms with van der Waals surface area (Å²) in [5.41, 5.74) is 1.99. The van der Waals surface area contributed by atoms with E-state index in [0.717, 1.165) is 22.2 Å². The average Bonchev–Trinajstić information content (AvgIpc) is 2.92. The first kappa shape index (κ1) is 12.0. The molecule has 0 unspecified atom stereocenters. The van der Waals surface area contributed by atoms with Gasteiger partial charge in [0.1, 0.15) is 12.1 Å². The maximum absolute atomic E-state index is 4.51. The molecule has 0 radical (unpaired) electrons. The van der Waals surface area contributed by atoms with E-state index in [2.05, 4.69) is 32.3 Å². The zero-order chi connectivity index (χ0) is 13.4. The van der Waals surface area contributed by atoms with E-state index < -0.39 is 0 Å². The molecule has 0 aromatic carbocycles. The topological polar surface area (TPSA) is 68.0 Å². The van der Waals surface area contributed by atoms with Gasteiger partial charge in [-0.25, -0.2) is 9.97 Å². The minimum atomic E-state index is 0.605. The van der Waals surface area contributed by atoms with Crippen molar-refractivity contribution in [3.05, 3.63) is 33.7 Å². The van der Waals surface area contributed by atoms with Crippen LogP contribution >= 0.6 is 11.3 Å². The van der Waals surface area contributed by atoms with Gasteiger partial charge in [-0.2, -0.15) is 14.6 Å². The van der Waals surface area contributed by atoms with Crippen molar-refractivity contribution in [1.82, 2.24) is 24.6 Å². The standard InChI is InChI=1S/C12H14N6S/c1-7-4-11(18-12(16-7)14-6-15-18)13-5-10-8(2)19-9(3)17-10/h4,6,13H,5H2,1-3H3. The first-order valence-electron chi connectivity index (χ1n) is 5.97. The minimum Gasteiger partial charge on any atom is -0.364 e. The highest BCUT2D eigenvalue weighted by molar-refractivity contribution is 7.11. The van der Waals surface area contributed by atoms with E-state index in [0.29, 0.717) is 12.3 Å². The Morgan fingerprint density at radius 3 is 2.84 bits per heavy atom. The molecular formula is C12H14N6S. The summed E-state index contributed by atoms with van der Waals surface area (Å²) in [4.78, 5) is 14.2. The monoisotopic (exact) mass is 274 g/mol. The van der Waals surface area contributed by atoms with Crippen molar-refractivity contribution in [1.29, 1.82) is 0 Å². The predicted octanol–water partition coefficient (Wildman–Crippen LogP) is 2.12. The largest absolute Gasteiger partial charge is 0.364 e. The number of anilines is 1. The summed E-state index contributed by atoms with van der Waals surface area (Å²) in [6.07, 6.45) is 1.51. The van der Waals surface area contributed by atoms with Crippen LogP contribution in [0.5, 0.6) is 0 Å². The Kier molecular flexibility index (Phi) is 2.90. The second kappa shape index (κ2) is 4.58. The Balaban J connectivity index is 1.89. The predicted molar refractivity (Wildman–Crippen MR) is 74.4 cm³/mol. The van der Waals surface area contributed by atoms with Crippen LogP contribution in [0.4, 0.5) is 5.82 Å². The fourth-order valence-electron chi connectivity index (χ4n) is 1.97. The SMILES string of the molecule is Cc1cc(NCc2nc(C)sc2C)n2ncnc2n1. The lowest BCUT2D eigenvalue weighted by molar-refractivity contribution is 0.908. The van der Waals surface area contributed by atoms with Crippen LogP contribution < -0.4 is 5.32 Å². The van der Waals surface area contributed by atoms with Crippen molar-refractivity contribution >= 4 is 22.9 Å². The zero-order valence-electron chi connectivity index (χ0n) is 11.0. The van der Waals surface area contributed by atoms with Crippen molar-refractivity contribution in [2.45, 2.75) is 27.3 Å². The van der Waals surface area contributed by atoms with Crippen LogP contribution in [0.25, 0.3) is 5.78 Å². The molecule has 0 saturated carbocycles. The van der Waals surface area contributed by atoms with Gasteiger partial charge in [0.05, 0.1) is 17.2 Å². The van der Waals surface area contributed by atoms with Gasteiger partial charge in [-0.1, -0.05) is 0 Å². The van der Waals surface area contributed by atoms with E-state index >= 15 is 0 Å². The zero-order valence-corrected chi connectivity index (χ0v) is 11.8. The van der Waals surface area contributed by atoms with Gasteiger partial charge in [-0.15, -0.1) is 11.3 Å². The van der Waals surface area contributed by atoms with Crippen LogP contribution in [0, 0.1) is 20.8 Å². The van der Waals surface area contributed by atoms with Crippen LogP contribution in [0.1, 0.15) is 21.3 Å². The second-order valence-electron chi connectivity index (χ2n) is 4.34. The summed E-state index contributed by atoms with van der Waals surface area (Å²) in [7, 11) is 0. The molecule has 0 spiro atoms. The van der Waals surface area contributed by atoms with Crippen LogP contribution in [0.3, 0.4) is 0 Å². The highest BCUT2D eigenvalue weighted by Crippen LogP contribution is 2.18. The van der Waals surface area contributed by atoms with Crippen LogP contribution in [0.2, 0.25) is 0 Å². The lowest BCUT2D eigenvalue weighted by Gasteiger charge is -2.07. The van der Waals surface area contributed by atoms with Crippen molar-refractivity contribution in [2.24, 2.45) is 0 Å². The molecular weight excluding hydrogens is 260 g/mol. The van der Waals surface area contributed by atoms with E-state index in [-0.39, 0.29) is 0 Å². The van der Waals surface area contributed by atoms with E-state index in [4.69, 9.17) is 0 Å². The average molecular weight is 274 g/mol. The van der Waals surface area contributed by atoms with Crippen LogP contribution in [0.15, 0.2) is 12.4 Å². The smallest absolute Gasteiger partial charge is 0.254 e. The highest BCUT2D eigenvalue weighted by Gasteiger charge is 2.08. The van der Waals surface area contributed by atoms with Gasteiger partial charge in [-0.3, -0.25) is 0 Å². The van der Waals surface area contributed by atoms with Gasteiger partial charge >= 0.3 is 0 Å². The number of hydrogen-bond acceptors (Lipinski definition) is 6. The summed E-state index contributed by atoms with van der Waals surface area (Å²) < 4.78 is 1.70. The van der Waals surface area contributed by atoms with Crippen molar-refractivity contribution in [3.8, 4) is 0 Å². The third-order valence-corrected chi connectivity index (χ3v) is 3.74. The summed E-state index contributed by atoms with van der Waals surface area (Å²) in [6.45, 7) is 6.73. The van der Waals surface area contributed by atoms with Gasteiger partial charge in [0.15, 0.2) is 0 Å². The Hall–Kier alpha value is -2.02. The van der Waals surface area contributed by atoms with Crippen molar-refractivity contribution in [3.63, 3.8) is 0 Å². The molecule has 19 heavy (non-hydrogen) atoms. The number of rotatable bonds is 3. The molecule has 0 aliphatic carbocycles. The van der Waals surface area contributed by atoms with Crippen molar-refractivity contribution in [2.75, 3.05) is 5.32 Å². The molecule has 3 heterocycles. The first-order chi connectivity index (χ1) is 9.13. The van der Waals surface area contributed by atoms with Gasteiger partial charge in [0, 0.05) is 16.6 Å². The summed E-state index contributed by atoms with van der Waals surface area (Å²) in [6, 6.07) is 1.95. The molecule has 0 amide bonds. The fraction of sp³-hybridized carbons (Fsp3) is 0.333. The van der Waals surface area contributed by atoms with Gasteiger partial charge in [-0.05, 0) is 20.8 Å². The second-order valence-corrected chi connectivity index (χ2v) is 5.75. The van der Waals surface area contributed by atoms with Crippen LogP contribution in [-0.2, 0) is 6.54 Å². The van der Waals surface area contributed by atoms with Crippen LogP contribution in [-0.4, -0.2) is 24.6 Å². The summed E-state index contributed by atoms with van der Waals surface area (Å²) in [5, 5.41) is 8.60. The third-order valence-electron chi connectivity index (χ3n) is 2.82. The molecule has 3 rings (SSSR count). The molecule has 0 bridgehead atoms. The number of aromatic nitrogens is 5. The molecule has 98 valence electrons. The number of nitrogens with one attached hydrogen (secondary N) is 1. The number of hydrogen-bond donors (Lipinski definition) is 1. The molecule has 3 aromatic heterocycles. The Bertz CT molecular complexity index is 729. The molecule has 0 aliphatic heterocycles. The molecule has 6 nitrogen and oxygen atoms in total. The fourth-order valence-corrected chi connectivity index (χ4v) is 2.80. The van der Waals surface area contributed by atoms with E-state index in [1.165, 1.54) is 11.2 Å². The maximum Gasteiger partial charge on any atom is 0.254 e. The number of aryl methyl sites for hydroxylation is 3. The Morgan fingerprint density at radius 1 is 1.26 bits per heavy atom. The third kappa shape index (κ3) is 2.28. The molecule has 1 N–H and O–H groups in total. The highest BCUT2D eigenvalue weighted by atomic mass is 32.1. The normalized spacial score (nSPS) is 11.1. The minimum absolute atomic E-state index is 0.605. The van der Waals surface area contributed by atoms with E-state index in [1.54, 1.807) is 15.9 Å². The lowest BCUT2D eigenvalue weighted by atomic mass is 10.3. The van der Waals surface area contributed by atoms with Gasteiger partial charge in [0.2, 0.25) is 0 Å². The molecule has 0 aliphatic rings. The van der Waals surface area contributed by atoms with E-state index in [9.17, 15) is 0 Å².